The monoisotopic (exact) mass is 493 g/mol. The molecule has 1 rings (SSSR count). The maximum atomic E-state index is 13.5. The lowest BCUT2D eigenvalue weighted by atomic mass is 10.1. The number of methoxy groups -OCH3 is 1. The highest BCUT2D eigenvalue weighted by molar-refractivity contribution is 5.93. The number of urea groups is 1. The highest BCUT2D eigenvalue weighted by Crippen LogP contribution is 2.17. The van der Waals surface area contributed by atoms with E-state index in [4.69, 9.17) is 9.47 Å². The summed E-state index contributed by atoms with van der Waals surface area (Å²) in [4.78, 5) is 39.7. The number of benzene rings is 1. The summed E-state index contributed by atoms with van der Waals surface area (Å²) in [5.74, 6) is -0.685. The first-order valence-corrected chi connectivity index (χ1v) is 12.7. The molecule has 0 fully saturated rings. The Bertz CT molecular complexity index is 763. The number of carboxylic acids is 1. The van der Waals surface area contributed by atoms with Crippen LogP contribution in [0, 0.1) is 0 Å². The molecule has 0 saturated heterocycles. The number of rotatable bonds is 18. The molecule has 0 saturated carbocycles. The molecule has 0 bridgehead atoms. The second-order valence-corrected chi connectivity index (χ2v) is 8.48. The fourth-order valence-electron chi connectivity index (χ4n) is 3.74. The minimum atomic E-state index is -1.08. The fourth-order valence-corrected chi connectivity index (χ4v) is 3.74. The van der Waals surface area contributed by atoms with Crippen molar-refractivity contribution in [3.63, 3.8) is 0 Å². The molecule has 0 heterocycles. The Kier molecular flexibility index (Phi) is 15.2. The van der Waals surface area contributed by atoms with Gasteiger partial charge in [-0.15, -0.1) is 0 Å². The highest BCUT2D eigenvalue weighted by Gasteiger charge is 2.28. The summed E-state index contributed by atoms with van der Waals surface area (Å²) in [6.07, 6.45) is 5.09. The predicted molar refractivity (Wildman–Crippen MR) is 137 cm³/mol. The number of aliphatic carboxylic acids is 1. The summed E-state index contributed by atoms with van der Waals surface area (Å²) >= 11 is 0. The van der Waals surface area contributed by atoms with Crippen LogP contribution in [0.25, 0.3) is 0 Å². The highest BCUT2D eigenvalue weighted by atomic mass is 16.5. The van der Waals surface area contributed by atoms with Crippen molar-refractivity contribution >= 4 is 23.6 Å². The summed E-state index contributed by atoms with van der Waals surface area (Å²) in [7, 11) is 1.54. The number of anilines is 1. The zero-order valence-electron chi connectivity index (χ0n) is 21.7. The molecule has 3 amide bonds. The Morgan fingerprint density at radius 3 is 2.20 bits per heavy atom. The molecule has 9 heteroatoms. The first-order valence-electron chi connectivity index (χ1n) is 12.7. The summed E-state index contributed by atoms with van der Waals surface area (Å²) in [5.41, 5.74) is 0.522. The van der Waals surface area contributed by atoms with Crippen molar-refractivity contribution in [1.82, 2.24) is 10.2 Å². The number of carbonyl (C=O) groups is 3. The molecular formula is C26H43N3O6. The summed E-state index contributed by atoms with van der Waals surface area (Å²) in [6, 6.07) is 5.50. The van der Waals surface area contributed by atoms with Gasteiger partial charge in [0.15, 0.2) is 6.10 Å². The van der Waals surface area contributed by atoms with Crippen LogP contribution in [-0.4, -0.2) is 66.9 Å². The Labute approximate surface area is 209 Å². The van der Waals surface area contributed by atoms with Gasteiger partial charge in [0.1, 0.15) is 11.8 Å². The molecule has 2 unspecified atom stereocenters. The number of unbranched alkanes of at least 4 members (excludes halogenated alkanes) is 4. The molecule has 0 aromatic heterocycles. The van der Waals surface area contributed by atoms with Crippen LogP contribution in [0.1, 0.15) is 72.1 Å². The Morgan fingerprint density at radius 1 is 1.00 bits per heavy atom. The summed E-state index contributed by atoms with van der Waals surface area (Å²) in [6.45, 7) is 7.41. The van der Waals surface area contributed by atoms with Crippen LogP contribution in [0.2, 0.25) is 0 Å². The molecule has 0 spiro atoms. The number of nitrogens with zero attached hydrogens (tertiary/aromatic N) is 1. The third kappa shape index (κ3) is 11.9. The van der Waals surface area contributed by atoms with E-state index in [9.17, 15) is 19.5 Å². The lowest BCUT2D eigenvalue weighted by Crippen LogP contribution is -2.50. The predicted octanol–water partition coefficient (Wildman–Crippen LogP) is 4.66. The molecule has 198 valence electrons. The number of ether oxygens (including phenoxy) is 2. The maximum absolute atomic E-state index is 13.5. The third-order valence-electron chi connectivity index (χ3n) is 5.67. The van der Waals surface area contributed by atoms with Crippen molar-refractivity contribution in [2.75, 3.05) is 32.1 Å². The van der Waals surface area contributed by atoms with Gasteiger partial charge in [-0.1, -0.05) is 45.6 Å². The van der Waals surface area contributed by atoms with Crippen molar-refractivity contribution in [2.24, 2.45) is 0 Å². The smallest absolute Gasteiger partial charge is 0.332 e. The van der Waals surface area contributed by atoms with Crippen LogP contribution >= 0.6 is 0 Å². The molecule has 1 aromatic carbocycles. The van der Waals surface area contributed by atoms with Crippen molar-refractivity contribution in [2.45, 2.75) is 84.3 Å². The molecule has 9 nitrogen and oxygen atoms in total. The molecule has 0 aliphatic heterocycles. The van der Waals surface area contributed by atoms with E-state index in [1.54, 1.807) is 36.1 Å². The topological polar surface area (TPSA) is 117 Å². The van der Waals surface area contributed by atoms with Gasteiger partial charge in [-0.05, 0) is 44.7 Å². The van der Waals surface area contributed by atoms with E-state index < -0.39 is 24.1 Å². The van der Waals surface area contributed by atoms with E-state index in [1.165, 1.54) is 7.11 Å². The molecule has 0 aliphatic carbocycles. The van der Waals surface area contributed by atoms with Gasteiger partial charge in [0.05, 0.1) is 7.11 Å². The number of hydrogen-bond donors (Lipinski definition) is 3. The van der Waals surface area contributed by atoms with E-state index in [0.717, 1.165) is 38.5 Å². The number of amides is 3. The SMILES string of the molecule is CCCCCN(CCCCC)C(=O)C(CCC(OCC)C(=O)O)NC(=O)Nc1cccc(OC)c1. The quantitative estimate of drug-likeness (QED) is 0.256. The number of carbonyl (C=O) groups excluding carboxylic acids is 2. The fraction of sp³-hybridized carbons (Fsp3) is 0.654. The zero-order chi connectivity index (χ0) is 26.1. The average molecular weight is 494 g/mol. The zero-order valence-corrected chi connectivity index (χ0v) is 21.7. The van der Waals surface area contributed by atoms with Crippen molar-refractivity contribution in [3.05, 3.63) is 24.3 Å². The number of carboxylic acid groups (broad SMARTS) is 1. The number of nitrogens with one attached hydrogen (secondary N) is 2. The van der Waals surface area contributed by atoms with Crippen LogP contribution in [0.3, 0.4) is 0 Å². The lowest BCUT2D eigenvalue weighted by molar-refractivity contribution is -0.151. The van der Waals surface area contributed by atoms with Crippen LogP contribution in [0.5, 0.6) is 5.75 Å². The average Bonchev–Trinajstić information content (AvgIpc) is 2.84. The molecule has 3 N–H and O–H groups in total. The third-order valence-corrected chi connectivity index (χ3v) is 5.67. The largest absolute Gasteiger partial charge is 0.497 e. The molecule has 1 aromatic rings. The molecule has 0 aliphatic rings. The molecular weight excluding hydrogens is 450 g/mol. The summed E-state index contributed by atoms with van der Waals surface area (Å²) < 4.78 is 10.5. The summed E-state index contributed by atoms with van der Waals surface area (Å²) in [5, 5.41) is 14.9. The standard InChI is InChI=1S/C26H43N3O6/c1-5-8-10-17-29(18-11-9-6-2)24(30)22(15-16-23(25(31)32)35-7-3)28-26(33)27-20-13-12-14-21(19-20)34-4/h12-14,19,22-23H,5-11,15-18H2,1-4H3,(H,31,32)(H2,27,28,33). The van der Waals surface area contributed by atoms with Crippen LogP contribution in [-0.2, 0) is 14.3 Å². The number of hydrogen-bond acceptors (Lipinski definition) is 5. The Morgan fingerprint density at radius 2 is 1.66 bits per heavy atom. The van der Waals surface area contributed by atoms with Gasteiger partial charge in [-0.3, -0.25) is 4.79 Å². The van der Waals surface area contributed by atoms with E-state index in [-0.39, 0.29) is 25.4 Å². The van der Waals surface area contributed by atoms with Gasteiger partial charge in [0.2, 0.25) is 5.91 Å². The van der Waals surface area contributed by atoms with Crippen molar-refractivity contribution in [3.8, 4) is 5.75 Å². The Balaban J connectivity index is 3.01. The second-order valence-electron chi connectivity index (χ2n) is 8.48. The van der Waals surface area contributed by atoms with Gasteiger partial charge in [0.25, 0.3) is 0 Å². The van der Waals surface area contributed by atoms with Gasteiger partial charge < -0.3 is 30.1 Å². The minimum Gasteiger partial charge on any atom is -0.497 e. The van der Waals surface area contributed by atoms with Crippen LogP contribution in [0.15, 0.2) is 24.3 Å². The van der Waals surface area contributed by atoms with E-state index in [2.05, 4.69) is 24.5 Å². The lowest BCUT2D eigenvalue weighted by Gasteiger charge is -2.29. The molecule has 0 radical (unpaired) electrons. The van der Waals surface area contributed by atoms with Gasteiger partial charge in [-0.25, -0.2) is 9.59 Å². The van der Waals surface area contributed by atoms with Crippen molar-refractivity contribution < 1.29 is 29.0 Å². The minimum absolute atomic E-state index is 0.108. The van der Waals surface area contributed by atoms with E-state index in [0.29, 0.717) is 24.5 Å². The Hall–Kier alpha value is -2.81. The van der Waals surface area contributed by atoms with Crippen LogP contribution < -0.4 is 15.4 Å². The van der Waals surface area contributed by atoms with Gasteiger partial charge >= 0.3 is 12.0 Å². The first-order chi connectivity index (χ1) is 16.9. The van der Waals surface area contributed by atoms with E-state index in [1.807, 2.05) is 0 Å². The second kappa shape index (κ2) is 17.6. The van der Waals surface area contributed by atoms with Crippen molar-refractivity contribution in [1.29, 1.82) is 0 Å². The normalized spacial score (nSPS) is 12.5. The van der Waals surface area contributed by atoms with Gasteiger partial charge in [0, 0.05) is 31.5 Å². The maximum Gasteiger partial charge on any atom is 0.332 e. The van der Waals surface area contributed by atoms with E-state index >= 15 is 0 Å². The first kappa shape index (κ1) is 30.2. The van der Waals surface area contributed by atoms with Gasteiger partial charge in [-0.2, -0.15) is 0 Å². The van der Waals surface area contributed by atoms with Crippen LogP contribution in [0.4, 0.5) is 10.5 Å². The molecule has 35 heavy (non-hydrogen) atoms. The molecule has 2 atom stereocenters.